The minimum atomic E-state index is -3.52. The van der Waals surface area contributed by atoms with Gasteiger partial charge in [0, 0.05) is 37.3 Å². The molecule has 0 atom stereocenters. The molecule has 0 fully saturated rings. The van der Waals surface area contributed by atoms with Gasteiger partial charge in [0.1, 0.15) is 0 Å². The van der Waals surface area contributed by atoms with E-state index in [1.54, 1.807) is 54.6 Å². The van der Waals surface area contributed by atoms with Crippen molar-refractivity contribution in [2.24, 2.45) is 0 Å². The second-order valence-corrected chi connectivity index (χ2v) is 17.9. The number of nitrogens with zero attached hydrogens (tertiary/aromatic N) is 7. The van der Waals surface area contributed by atoms with Crippen molar-refractivity contribution in [1.29, 1.82) is 0 Å². The number of anilines is 2. The zero-order valence-electron chi connectivity index (χ0n) is 32.3. The van der Waals surface area contributed by atoms with Gasteiger partial charge < -0.3 is 14.2 Å². The summed E-state index contributed by atoms with van der Waals surface area (Å²) in [5, 5.41) is 17.1. The third-order valence-electron chi connectivity index (χ3n) is 9.58. The van der Waals surface area contributed by atoms with Crippen molar-refractivity contribution < 1.29 is 43.2 Å². The highest BCUT2D eigenvalue weighted by Crippen LogP contribution is 2.31. The first-order valence-electron chi connectivity index (χ1n) is 18.0. The summed E-state index contributed by atoms with van der Waals surface area (Å²) >= 11 is 0. The third-order valence-corrected chi connectivity index (χ3v) is 11.9. The lowest BCUT2D eigenvalue weighted by molar-refractivity contribution is 0.115. The van der Waals surface area contributed by atoms with Crippen LogP contribution in [0, 0.1) is 0 Å². The van der Waals surface area contributed by atoms with Gasteiger partial charge in [0.05, 0.1) is 37.0 Å². The van der Waals surface area contributed by atoms with Crippen molar-refractivity contribution in [3.8, 4) is 22.9 Å². The molecule has 0 amide bonds. The number of sulfonamides is 2. The lowest BCUT2D eigenvalue weighted by Gasteiger charge is -2.23. The van der Waals surface area contributed by atoms with Crippen LogP contribution in [0.4, 0.5) is 28.9 Å². The first-order chi connectivity index (χ1) is 28.0. The molecule has 0 radical (unpaired) electrons. The molecule has 14 nitrogen and oxygen atoms in total. The molecule has 0 bridgehead atoms. The Balaban J connectivity index is 0.000000198. The minimum absolute atomic E-state index is 0. The van der Waals surface area contributed by atoms with Gasteiger partial charge in [-0.1, -0.05) is 36.4 Å². The highest BCUT2D eigenvalue weighted by atomic mass is 35.5. The summed E-state index contributed by atoms with van der Waals surface area (Å²) in [5.74, 6) is -1.50. The van der Waals surface area contributed by atoms with E-state index in [0.29, 0.717) is 29.0 Å². The summed E-state index contributed by atoms with van der Waals surface area (Å²) in [5.41, 5.74) is 8.17. The van der Waals surface area contributed by atoms with E-state index in [0.717, 1.165) is 53.7 Å². The predicted molar refractivity (Wildman–Crippen MR) is 217 cm³/mol. The van der Waals surface area contributed by atoms with Gasteiger partial charge in [-0.15, -0.1) is 32.8 Å². The van der Waals surface area contributed by atoms with Crippen LogP contribution in [-0.4, -0.2) is 61.7 Å². The monoisotopic (exact) mass is 890 g/mol. The molecule has 2 aromatic heterocycles. The van der Waals surface area contributed by atoms with Crippen molar-refractivity contribution in [3.63, 3.8) is 0 Å². The normalized spacial score (nSPS) is 13.8. The first kappa shape index (κ1) is 44.2. The molecular formula is C39H39ClF4N8O6S2. The number of nitrogens with one attached hydrogen (secondary N) is 1. The Labute approximate surface area is 349 Å². The number of benzene rings is 4. The topological polar surface area (TPSA) is 168 Å². The molecule has 4 heterocycles. The van der Waals surface area contributed by atoms with Crippen LogP contribution in [0.1, 0.15) is 58.0 Å². The van der Waals surface area contributed by atoms with Gasteiger partial charge in [0.25, 0.3) is 11.8 Å². The highest BCUT2D eigenvalue weighted by molar-refractivity contribution is 7.92. The van der Waals surface area contributed by atoms with E-state index in [-0.39, 0.29) is 37.3 Å². The molecular weight excluding hydrogens is 852 g/mol. The fourth-order valence-electron chi connectivity index (χ4n) is 6.66. The molecule has 0 spiro atoms. The summed E-state index contributed by atoms with van der Waals surface area (Å²) in [7, 11) is -5.02. The molecule has 0 saturated heterocycles. The minimum Gasteiger partial charge on any atom is -0.415 e. The Hall–Kier alpha value is -5.41. The van der Waals surface area contributed by atoms with Crippen LogP contribution < -0.4 is 13.9 Å². The maximum atomic E-state index is 12.6. The van der Waals surface area contributed by atoms with Crippen molar-refractivity contribution in [1.82, 2.24) is 30.6 Å². The van der Waals surface area contributed by atoms with Crippen molar-refractivity contribution >= 4 is 43.8 Å². The fraction of sp³-hybridized carbons (Fsp3) is 0.282. The SMILES string of the molecule is CN1Cc2ccc(N(Cc3ccc(-c4nnc(C(F)F)o4)cc3)S(C)(=O)=O)cc2C1.CS(=O)(=O)N(Cc1ccc(-c2nnc(C(F)F)o2)cc1)c1ccc2c(c1)CNC2.Cl. The number of aromatic nitrogens is 4. The molecule has 0 aliphatic carbocycles. The van der Waals surface area contributed by atoms with Gasteiger partial charge in [-0.25, -0.2) is 16.8 Å². The average Bonchev–Trinajstić information content (AvgIpc) is 4.02. The molecule has 2 aliphatic heterocycles. The Kier molecular flexibility index (Phi) is 13.3. The van der Waals surface area contributed by atoms with Crippen LogP contribution in [-0.2, 0) is 59.3 Å². The van der Waals surface area contributed by atoms with Crippen molar-refractivity contribution in [3.05, 3.63) is 130 Å². The lowest BCUT2D eigenvalue weighted by atomic mass is 10.1. The number of hydrogen-bond donors (Lipinski definition) is 1. The van der Waals surface area contributed by atoms with E-state index < -0.39 is 44.7 Å². The largest absolute Gasteiger partial charge is 0.415 e. The van der Waals surface area contributed by atoms with E-state index in [9.17, 15) is 34.4 Å². The Bertz CT molecular complexity index is 2670. The standard InChI is InChI=1S/C20H20F2N4O3S.C19H18F2N4O3S.ClH/c1-25-11-15-7-8-17(9-16(15)12-25)26(30(2,27)28)10-13-3-5-14(6-4-13)19-23-24-20(29-19)18(21)22;1-29(26,27)25(16-7-6-14-9-22-10-15(14)8-16)11-12-2-4-13(5-3-12)18-23-24-19(28-18)17(20)21;/h3-9,18H,10-12H2,1-2H3;2-8,17,22H,9-11H2,1H3;1H. The summed E-state index contributed by atoms with van der Waals surface area (Å²) in [6.45, 7) is 3.38. The number of hydrogen-bond acceptors (Lipinski definition) is 12. The van der Waals surface area contributed by atoms with E-state index >= 15 is 0 Å². The third kappa shape index (κ3) is 10.3. The number of halogens is 5. The van der Waals surface area contributed by atoms with E-state index in [1.165, 1.54) is 20.4 Å². The van der Waals surface area contributed by atoms with Crippen LogP contribution in [0.2, 0.25) is 0 Å². The van der Waals surface area contributed by atoms with Gasteiger partial charge in [-0.05, 0) is 89.0 Å². The van der Waals surface area contributed by atoms with Crippen LogP contribution in [0.15, 0.2) is 93.8 Å². The molecule has 4 aromatic carbocycles. The average molecular weight is 891 g/mol. The highest BCUT2D eigenvalue weighted by Gasteiger charge is 2.24. The molecule has 6 aromatic rings. The van der Waals surface area contributed by atoms with Crippen LogP contribution >= 0.6 is 12.4 Å². The van der Waals surface area contributed by atoms with E-state index in [2.05, 4.69) is 30.6 Å². The second kappa shape index (κ2) is 18.1. The van der Waals surface area contributed by atoms with E-state index in [4.69, 9.17) is 8.83 Å². The quantitative estimate of drug-likeness (QED) is 0.122. The van der Waals surface area contributed by atoms with Crippen molar-refractivity contribution in [2.45, 2.75) is 52.1 Å². The number of rotatable bonds is 12. The van der Waals surface area contributed by atoms with Crippen LogP contribution in [0.25, 0.3) is 22.9 Å². The zero-order valence-corrected chi connectivity index (χ0v) is 34.7. The van der Waals surface area contributed by atoms with Gasteiger partial charge >= 0.3 is 12.9 Å². The zero-order chi connectivity index (χ0) is 42.1. The first-order valence-corrected chi connectivity index (χ1v) is 21.7. The number of fused-ring (bicyclic) bond motifs is 2. The summed E-state index contributed by atoms with van der Waals surface area (Å²) in [6, 6.07) is 24.7. The van der Waals surface area contributed by atoms with Gasteiger partial charge in [0.2, 0.25) is 31.8 Å². The Morgan fingerprint density at radius 2 is 1.03 bits per heavy atom. The summed E-state index contributed by atoms with van der Waals surface area (Å²) < 4.78 is 113. The number of alkyl halides is 4. The molecule has 0 unspecified atom stereocenters. The van der Waals surface area contributed by atoms with Crippen molar-refractivity contribution in [2.75, 3.05) is 28.2 Å². The Morgan fingerprint density at radius 1 is 0.617 bits per heavy atom. The Morgan fingerprint density at radius 3 is 1.47 bits per heavy atom. The fourth-order valence-corrected chi connectivity index (χ4v) is 8.42. The smallest absolute Gasteiger partial charge is 0.314 e. The molecule has 21 heteroatoms. The second-order valence-electron chi connectivity index (χ2n) is 14.1. The molecule has 318 valence electrons. The van der Waals surface area contributed by atoms with Gasteiger partial charge in [0.15, 0.2) is 0 Å². The van der Waals surface area contributed by atoms with Gasteiger partial charge in [-0.2, -0.15) is 17.6 Å². The molecule has 1 N–H and O–H groups in total. The van der Waals surface area contributed by atoms with E-state index in [1.807, 2.05) is 37.4 Å². The maximum absolute atomic E-state index is 12.6. The van der Waals surface area contributed by atoms with Crippen LogP contribution in [0.3, 0.4) is 0 Å². The molecule has 2 aliphatic rings. The lowest BCUT2D eigenvalue weighted by Crippen LogP contribution is -2.29. The van der Waals surface area contributed by atoms with Gasteiger partial charge in [-0.3, -0.25) is 13.5 Å². The summed E-state index contributed by atoms with van der Waals surface area (Å²) in [6.07, 6.45) is -3.33. The van der Waals surface area contributed by atoms with Crippen LogP contribution in [0.5, 0.6) is 0 Å². The molecule has 8 rings (SSSR count). The summed E-state index contributed by atoms with van der Waals surface area (Å²) in [4.78, 5) is 2.16. The predicted octanol–water partition coefficient (Wildman–Crippen LogP) is 7.25. The molecule has 60 heavy (non-hydrogen) atoms. The molecule has 0 saturated carbocycles. The maximum Gasteiger partial charge on any atom is 0.314 e.